The van der Waals surface area contributed by atoms with Crippen LogP contribution in [0.2, 0.25) is 0 Å². The van der Waals surface area contributed by atoms with Gasteiger partial charge in [-0.15, -0.1) is 0 Å². The molecule has 4 nitrogen and oxygen atoms in total. The van der Waals surface area contributed by atoms with E-state index in [1.165, 1.54) is 12.8 Å². The number of carbonyl (C=O) groups is 1. The number of hydrogen-bond acceptors (Lipinski definition) is 4. The molecule has 1 saturated carbocycles. The standard InChI is InChI=1S/C14H17BrO4/c1-2-18-13-6-11(7-16)5-12(15)14(13)19-9-17-8-10-3-4-10/h5-7,10H,2-4,8-9H2,1H3. The van der Waals surface area contributed by atoms with Crippen LogP contribution in [0.1, 0.15) is 30.1 Å². The number of benzene rings is 1. The fraction of sp³-hybridized carbons (Fsp3) is 0.500. The number of carbonyl (C=O) groups excluding carboxylic acids is 1. The van der Waals surface area contributed by atoms with Gasteiger partial charge in [0.15, 0.2) is 18.3 Å². The largest absolute Gasteiger partial charge is 0.490 e. The van der Waals surface area contributed by atoms with Gasteiger partial charge in [0.2, 0.25) is 0 Å². The Morgan fingerprint density at radius 3 is 2.79 bits per heavy atom. The molecule has 19 heavy (non-hydrogen) atoms. The van der Waals surface area contributed by atoms with Crippen molar-refractivity contribution in [3.05, 3.63) is 22.2 Å². The van der Waals surface area contributed by atoms with Gasteiger partial charge in [-0.05, 0) is 53.7 Å². The number of halogens is 1. The van der Waals surface area contributed by atoms with E-state index in [1.54, 1.807) is 12.1 Å². The molecule has 0 N–H and O–H groups in total. The van der Waals surface area contributed by atoms with Crippen LogP contribution < -0.4 is 9.47 Å². The zero-order valence-electron chi connectivity index (χ0n) is 10.9. The quantitative estimate of drug-likeness (QED) is 0.416. The highest BCUT2D eigenvalue weighted by Crippen LogP contribution is 2.36. The fourth-order valence-corrected chi connectivity index (χ4v) is 2.23. The first kappa shape index (κ1) is 14.3. The second kappa shape index (κ2) is 6.91. The SMILES string of the molecule is CCOc1cc(C=O)cc(Br)c1OCOCC1CC1. The molecule has 0 spiro atoms. The summed E-state index contributed by atoms with van der Waals surface area (Å²) in [5.41, 5.74) is 0.543. The van der Waals surface area contributed by atoms with E-state index < -0.39 is 0 Å². The second-order valence-corrected chi connectivity index (χ2v) is 5.31. The minimum Gasteiger partial charge on any atom is -0.490 e. The van der Waals surface area contributed by atoms with Crippen LogP contribution in [0.3, 0.4) is 0 Å². The third kappa shape index (κ3) is 4.21. The second-order valence-electron chi connectivity index (χ2n) is 4.46. The summed E-state index contributed by atoms with van der Waals surface area (Å²) in [6.07, 6.45) is 3.28. The molecule has 104 valence electrons. The molecule has 2 rings (SSSR count). The van der Waals surface area contributed by atoms with Crippen LogP contribution in [0.4, 0.5) is 0 Å². The topological polar surface area (TPSA) is 44.8 Å². The Morgan fingerprint density at radius 2 is 2.16 bits per heavy atom. The van der Waals surface area contributed by atoms with Gasteiger partial charge in [0.1, 0.15) is 6.29 Å². The first-order valence-corrected chi connectivity index (χ1v) is 7.16. The molecule has 0 aromatic heterocycles. The molecule has 0 amide bonds. The molecule has 1 fully saturated rings. The first-order valence-electron chi connectivity index (χ1n) is 6.36. The van der Waals surface area contributed by atoms with Gasteiger partial charge in [0.25, 0.3) is 0 Å². The molecular weight excluding hydrogens is 312 g/mol. The Morgan fingerprint density at radius 1 is 1.37 bits per heavy atom. The van der Waals surface area contributed by atoms with Crippen molar-refractivity contribution in [3.8, 4) is 11.5 Å². The molecule has 1 aromatic carbocycles. The van der Waals surface area contributed by atoms with E-state index in [4.69, 9.17) is 14.2 Å². The lowest BCUT2D eigenvalue weighted by Crippen LogP contribution is -2.07. The van der Waals surface area contributed by atoms with Crippen LogP contribution in [0.25, 0.3) is 0 Å². The van der Waals surface area contributed by atoms with Crippen LogP contribution in [-0.4, -0.2) is 26.3 Å². The lowest BCUT2D eigenvalue weighted by atomic mass is 10.2. The minimum atomic E-state index is 0.190. The summed E-state index contributed by atoms with van der Waals surface area (Å²) >= 11 is 3.38. The van der Waals surface area contributed by atoms with E-state index in [0.717, 1.165) is 12.9 Å². The third-order valence-corrected chi connectivity index (χ3v) is 3.39. The average molecular weight is 329 g/mol. The highest BCUT2D eigenvalue weighted by molar-refractivity contribution is 9.10. The lowest BCUT2D eigenvalue weighted by molar-refractivity contribution is 0.00796. The average Bonchev–Trinajstić information content (AvgIpc) is 3.21. The van der Waals surface area contributed by atoms with Crippen LogP contribution in [0.15, 0.2) is 16.6 Å². The predicted molar refractivity (Wildman–Crippen MR) is 74.9 cm³/mol. The van der Waals surface area contributed by atoms with E-state index >= 15 is 0 Å². The van der Waals surface area contributed by atoms with Gasteiger partial charge in [-0.25, -0.2) is 0 Å². The van der Waals surface area contributed by atoms with Gasteiger partial charge in [-0.3, -0.25) is 4.79 Å². The van der Waals surface area contributed by atoms with E-state index in [-0.39, 0.29) is 6.79 Å². The zero-order chi connectivity index (χ0) is 13.7. The maximum Gasteiger partial charge on any atom is 0.189 e. The van der Waals surface area contributed by atoms with Crippen molar-refractivity contribution in [1.82, 2.24) is 0 Å². The van der Waals surface area contributed by atoms with Crippen molar-refractivity contribution in [3.63, 3.8) is 0 Å². The molecule has 0 atom stereocenters. The first-order chi connectivity index (χ1) is 9.24. The van der Waals surface area contributed by atoms with Crippen molar-refractivity contribution >= 4 is 22.2 Å². The Bertz CT molecular complexity index is 443. The summed E-state index contributed by atoms with van der Waals surface area (Å²) in [5, 5.41) is 0. The molecule has 1 aliphatic rings. The van der Waals surface area contributed by atoms with Crippen molar-refractivity contribution in [2.24, 2.45) is 5.92 Å². The summed E-state index contributed by atoms with van der Waals surface area (Å²) in [6.45, 7) is 3.33. The third-order valence-electron chi connectivity index (χ3n) is 2.80. The summed E-state index contributed by atoms with van der Waals surface area (Å²) in [4.78, 5) is 10.8. The van der Waals surface area contributed by atoms with Crippen LogP contribution >= 0.6 is 15.9 Å². The van der Waals surface area contributed by atoms with Gasteiger partial charge in [-0.2, -0.15) is 0 Å². The molecule has 0 radical (unpaired) electrons. The molecule has 0 heterocycles. The number of aldehydes is 1. The van der Waals surface area contributed by atoms with Crippen LogP contribution in [-0.2, 0) is 4.74 Å². The predicted octanol–water partition coefficient (Wildman–Crippen LogP) is 3.42. The maximum absolute atomic E-state index is 10.8. The van der Waals surface area contributed by atoms with Crippen molar-refractivity contribution < 1.29 is 19.0 Å². The monoisotopic (exact) mass is 328 g/mol. The molecule has 5 heteroatoms. The Hall–Kier alpha value is -1.07. The number of rotatable bonds is 8. The molecule has 1 aliphatic carbocycles. The number of hydrogen-bond donors (Lipinski definition) is 0. The fourth-order valence-electron chi connectivity index (χ4n) is 1.66. The Labute approximate surface area is 121 Å². The van der Waals surface area contributed by atoms with Gasteiger partial charge in [0, 0.05) is 5.56 Å². The molecule has 0 bridgehead atoms. The van der Waals surface area contributed by atoms with E-state index in [2.05, 4.69) is 15.9 Å². The highest BCUT2D eigenvalue weighted by Gasteiger charge is 2.21. The maximum atomic E-state index is 10.8. The lowest BCUT2D eigenvalue weighted by Gasteiger charge is -2.14. The molecular formula is C14H17BrO4. The summed E-state index contributed by atoms with van der Waals surface area (Å²) in [7, 11) is 0. The van der Waals surface area contributed by atoms with Gasteiger partial charge in [-0.1, -0.05) is 0 Å². The summed E-state index contributed by atoms with van der Waals surface area (Å²) in [5.74, 6) is 1.83. The smallest absolute Gasteiger partial charge is 0.189 e. The Kier molecular flexibility index (Phi) is 5.22. The van der Waals surface area contributed by atoms with Gasteiger partial charge >= 0.3 is 0 Å². The van der Waals surface area contributed by atoms with Crippen molar-refractivity contribution in [2.45, 2.75) is 19.8 Å². The molecule has 0 unspecified atom stereocenters. The zero-order valence-corrected chi connectivity index (χ0v) is 12.4. The van der Waals surface area contributed by atoms with E-state index in [9.17, 15) is 4.79 Å². The Balaban J connectivity index is 2.00. The van der Waals surface area contributed by atoms with Crippen LogP contribution in [0.5, 0.6) is 11.5 Å². The van der Waals surface area contributed by atoms with E-state index in [0.29, 0.717) is 34.1 Å². The molecule has 0 aliphatic heterocycles. The minimum absolute atomic E-state index is 0.190. The van der Waals surface area contributed by atoms with Gasteiger partial charge in [0.05, 0.1) is 17.7 Å². The van der Waals surface area contributed by atoms with Gasteiger partial charge < -0.3 is 14.2 Å². The van der Waals surface area contributed by atoms with E-state index in [1.807, 2.05) is 6.92 Å². The number of ether oxygens (including phenoxy) is 3. The van der Waals surface area contributed by atoms with Crippen LogP contribution in [0, 0.1) is 5.92 Å². The highest BCUT2D eigenvalue weighted by atomic mass is 79.9. The van der Waals surface area contributed by atoms with Crippen molar-refractivity contribution in [1.29, 1.82) is 0 Å². The van der Waals surface area contributed by atoms with Crippen molar-refractivity contribution in [2.75, 3.05) is 20.0 Å². The summed E-state index contributed by atoms with van der Waals surface area (Å²) < 4.78 is 17.2. The summed E-state index contributed by atoms with van der Waals surface area (Å²) in [6, 6.07) is 3.36. The molecule has 1 aromatic rings. The normalized spacial score (nSPS) is 14.2. The molecule has 0 saturated heterocycles.